The summed E-state index contributed by atoms with van der Waals surface area (Å²) >= 11 is 11.7. The fourth-order valence-corrected chi connectivity index (χ4v) is 1.92. The molecular weight excluding hydrogens is 323 g/mol. The van der Waals surface area contributed by atoms with Gasteiger partial charge in [-0.1, -0.05) is 29.3 Å². The van der Waals surface area contributed by atoms with E-state index < -0.39 is 6.29 Å². The molecule has 0 bridgehead atoms. The van der Waals surface area contributed by atoms with Crippen LogP contribution in [0.25, 0.3) is 0 Å². The Morgan fingerprint density at radius 3 is 1.73 bits per heavy atom. The first-order valence-electron chi connectivity index (χ1n) is 6.70. The van der Waals surface area contributed by atoms with Gasteiger partial charge in [-0.25, -0.2) is 0 Å². The van der Waals surface area contributed by atoms with E-state index in [1.54, 1.807) is 54.6 Å². The predicted octanol–water partition coefficient (Wildman–Crippen LogP) is 4.98. The first kappa shape index (κ1) is 16.7. The van der Waals surface area contributed by atoms with E-state index in [4.69, 9.17) is 37.4 Å². The monoisotopic (exact) mass is 338 g/mol. The van der Waals surface area contributed by atoms with Gasteiger partial charge in [0.05, 0.1) is 6.61 Å². The second-order valence-electron chi connectivity index (χ2n) is 4.40. The van der Waals surface area contributed by atoms with Crippen molar-refractivity contribution in [2.24, 2.45) is 0 Å². The zero-order chi connectivity index (χ0) is 15.8. The van der Waals surface area contributed by atoms with E-state index in [-0.39, 0.29) is 6.61 Å². The summed E-state index contributed by atoms with van der Waals surface area (Å²) in [5, 5.41) is 1.29. The Balaban J connectivity index is 2.02. The highest BCUT2D eigenvalue weighted by Gasteiger charge is 2.13. The number of hydrogen-bond acceptors (Lipinski definition) is 3. The second-order valence-corrected chi connectivity index (χ2v) is 5.27. The third-order valence-corrected chi connectivity index (χ3v) is 3.16. The zero-order valence-electron chi connectivity index (χ0n) is 11.9. The lowest BCUT2D eigenvalue weighted by atomic mass is 10.3. The molecule has 0 aliphatic carbocycles. The van der Waals surface area contributed by atoms with E-state index >= 15 is 0 Å². The minimum Gasteiger partial charge on any atom is -0.452 e. The lowest BCUT2D eigenvalue weighted by molar-refractivity contribution is -0.0546. The molecular formula is C17H16Cl2O3. The second kappa shape index (κ2) is 8.69. The van der Waals surface area contributed by atoms with E-state index in [1.165, 1.54) is 0 Å². The number of halogens is 2. The zero-order valence-corrected chi connectivity index (χ0v) is 13.4. The Labute approximate surface area is 140 Å². The van der Waals surface area contributed by atoms with E-state index in [2.05, 4.69) is 6.58 Å². The maximum atomic E-state index is 5.86. The van der Waals surface area contributed by atoms with E-state index in [1.807, 2.05) is 0 Å². The van der Waals surface area contributed by atoms with Gasteiger partial charge < -0.3 is 14.2 Å². The highest BCUT2D eigenvalue weighted by Crippen LogP contribution is 2.20. The molecule has 0 heterocycles. The van der Waals surface area contributed by atoms with Crippen molar-refractivity contribution in [1.82, 2.24) is 0 Å². The molecule has 2 aromatic carbocycles. The molecule has 22 heavy (non-hydrogen) atoms. The number of benzene rings is 2. The highest BCUT2D eigenvalue weighted by atomic mass is 35.5. The summed E-state index contributed by atoms with van der Waals surface area (Å²) in [6.45, 7) is 4.29. The minimum absolute atomic E-state index is 0.261. The normalized spacial score (nSPS) is 10.5. The lowest BCUT2D eigenvalue weighted by Crippen LogP contribution is -2.29. The van der Waals surface area contributed by atoms with Crippen LogP contribution in [0.1, 0.15) is 0 Å². The molecule has 0 radical (unpaired) electrons. The van der Waals surface area contributed by atoms with Crippen LogP contribution in [0.2, 0.25) is 10.0 Å². The standard InChI is InChI=1S/C17H16Cl2O3/c1-2-11-20-12-17(21-15-7-3-13(18)4-8-15)22-16-9-5-14(19)6-10-16/h2-10,17H,1,11-12H2. The van der Waals surface area contributed by atoms with Crippen molar-refractivity contribution < 1.29 is 14.2 Å². The minimum atomic E-state index is -0.595. The number of hydrogen-bond donors (Lipinski definition) is 0. The van der Waals surface area contributed by atoms with Crippen molar-refractivity contribution in [1.29, 1.82) is 0 Å². The van der Waals surface area contributed by atoms with Crippen LogP contribution in [-0.4, -0.2) is 19.5 Å². The summed E-state index contributed by atoms with van der Waals surface area (Å²) < 4.78 is 17.0. The molecule has 2 rings (SSSR count). The molecule has 0 aliphatic rings. The molecule has 0 aliphatic heterocycles. The van der Waals surface area contributed by atoms with Gasteiger partial charge in [0.25, 0.3) is 6.29 Å². The summed E-state index contributed by atoms with van der Waals surface area (Å²) in [7, 11) is 0. The fourth-order valence-electron chi connectivity index (χ4n) is 1.67. The van der Waals surface area contributed by atoms with E-state index in [0.29, 0.717) is 28.2 Å². The van der Waals surface area contributed by atoms with Crippen LogP contribution in [0.4, 0.5) is 0 Å². The molecule has 3 nitrogen and oxygen atoms in total. The van der Waals surface area contributed by atoms with Gasteiger partial charge in [-0.05, 0) is 48.5 Å². The fraction of sp³-hybridized carbons (Fsp3) is 0.176. The molecule has 0 saturated heterocycles. The Kier molecular flexibility index (Phi) is 6.59. The van der Waals surface area contributed by atoms with E-state index in [0.717, 1.165) is 0 Å². The average molecular weight is 339 g/mol. The molecule has 0 unspecified atom stereocenters. The van der Waals surface area contributed by atoms with Gasteiger partial charge in [0, 0.05) is 10.0 Å². The third-order valence-electron chi connectivity index (χ3n) is 2.65. The molecule has 0 saturated carbocycles. The van der Waals surface area contributed by atoms with Gasteiger partial charge in [0.2, 0.25) is 0 Å². The molecule has 116 valence electrons. The summed E-state index contributed by atoms with van der Waals surface area (Å²) in [6, 6.07) is 14.1. The molecule has 5 heteroatoms. The molecule has 0 fully saturated rings. The van der Waals surface area contributed by atoms with Crippen LogP contribution in [0.5, 0.6) is 11.5 Å². The molecule has 0 amide bonds. The SMILES string of the molecule is C=CCOCC(Oc1ccc(Cl)cc1)Oc1ccc(Cl)cc1. The van der Waals surface area contributed by atoms with Gasteiger partial charge in [-0.3, -0.25) is 0 Å². The van der Waals surface area contributed by atoms with Crippen molar-refractivity contribution in [2.75, 3.05) is 13.2 Å². The van der Waals surface area contributed by atoms with Crippen molar-refractivity contribution in [3.63, 3.8) is 0 Å². The van der Waals surface area contributed by atoms with Crippen molar-refractivity contribution >= 4 is 23.2 Å². The number of ether oxygens (including phenoxy) is 3. The lowest BCUT2D eigenvalue weighted by Gasteiger charge is -2.20. The average Bonchev–Trinajstić information content (AvgIpc) is 2.52. The van der Waals surface area contributed by atoms with Crippen molar-refractivity contribution in [2.45, 2.75) is 6.29 Å². The topological polar surface area (TPSA) is 27.7 Å². The van der Waals surface area contributed by atoms with Gasteiger partial charge in [0.1, 0.15) is 18.1 Å². The smallest absolute Gasteiger partial charge is 0.264 e. The van der Waals surface area contributed by atoms with Gasteiger partial charge in [0.15, 0.2) is 0 Å². The largest absolute Gasteiger partial charge is 0.452 e. The number of rotatable bonds is 8. The van der Waals surface area contributed by atoms with Crippen molar-refractivity contribution in [3.8, 4) is 11.5 Å². The van der Waals surface area contributed by atoms with Gasteiger partial charge in [-0.15, -0.1) is 6.58 Å². The maximum absolute atomic E-state index is 5.86. The van der Waals surface area contributed by atoms with E-state index in [9.17, 15) is 0 Å². The maximum Gasteiger partial charge on any atom is 0.264 e. The van der Waals surface area contributed by atoms with Gasteiger partial charge in [-0.2, -0.15) is 0 Å². The molecule has 2 aromatic rings. The molecule has 0 aromatic heterocycles. The first-order chi connectivity index (χ1) is 10.7. The van der Waals surface area contributed by atoms with Crippen LogP contribution < -0.4 is 9.47 Å². The summed E-state index contributed by atoms with van der Waals surface area (Å²) in [4.78, 5) is 0. The Hall–Kier alpha value is -1.68. The Morgan fingerprint density at radius 2 is 1.32 bits per heavy atom. The van der Waals surface area contributed by atoms with Crippen LogP contribution in [0.3, 0.4) is 0 Å². The predicted molar refractivity (Wildman–Crippen MR) is 89.0 cm³/mol. The first-order valence-corrected chi connectivity index (χ1v) is 7.46. The highest BCUT2D eigenvalue weighted by molar-refractivity contribution is 6.30. The molecule has 0 N–H and O–H groups in total. The molecule has 0 spiro atoms. The van der Waals surface area contributed by atoms with Crippen LogP contribution >= 0.6 is 23.2 Å². The Morgan fingerprint density at radius 1 is 0.864 bits per heavy atom. The third kappa shape index (κ3) is 5.60. The molecule has 0 atom stereocenters. The van der Waals surface area contributed by atoms with Crippen molar-refractivity contribution in [3.05, 3.63) is 71.2 Å². The summed E-state index contributed by atoms with van der Waals surface area (Å²) in [5.74, 6) is 1.29. The summed E-state index contributed by atoms with van der Waals surface area (Å²) in [5.41, 5.74) is 0. The Bertz CT molecular complexity index is 534. The van der Waals surface area contributed by atoms with Crippen LogP contribution in [-0.2, 0) is 4.74 Å². The van der Waals surface area contributed by atoms with Crippen LogP contribution in [0.15, 0.2) is 61.2 Å². The van der Waals surface area contributed by atoms with Gasteiger partial charge >= 0.3 is 0 Å². The van der Waals surface area contributed by atoms with Crippen LogP contribution in [0, 0.1) is 0 Å². The quantitative estimate of drug-likeness (QED) is 0.386. The summed E-state index contributed by atoms with van der Waals surface area (Å²) in [6.07, 6.45) is 1.07.